The van der Waals surface area contributed by atoms with Crippen LogP contribution in [0, 0.1) is 17.0 Å². The van der Waals surface area contributed by atoms with Crippen molar-refractivity contribution < 1.29 is 18.1 Å². The van der Waals surface area contributed by atoms with Crippen LogP contribution in [0.1, 0.15) is 16.7 Å². The number of hydrazone groups is 1. The lowest BCUT2D eigenvalue weighted by molar-refractivity contribution is -0.384. The van der Waals surface area contributed by atoms with E-state index in [-0.39, 0.29) is 10.8 Å². The first kappa shape index (κ1) is 19.6. The molecule has 3 rings (SSSR count). The van der Waals surface area contributed by atoms with Crippen LogP contribution in [0.2, 0.25) is 5.15 Å². The van der Waals surface area contributed by atoms with Crippen molar-refractivity contribution in [3.63, 3.8) is 0 Å². The fourth-order valence-electron chi connectivity index (χ4n) is 2.49. The fourth-order valence-corrected chi connectivity index (χ4v) is 2.68. The van der Waals surface area contributed by atoms with Crippen LogP contribution in [0.5, 0.6) is 0 Å². The number of hydrogen-bond acceptors (Lipinski definition) is 5. The SMILES string of the molecule is Cc1ccc2cc(C=NNc3ccc(C(F)(F)F)cc3[N+](=O)[O-])c(Cl)nc2c1. The summed E-state index contributed by atoms with van der Waals surface area (Å²) in [4.78, 5) is 14.4. The van der Waals surface area contributed by atoms with Crippen LogP contribution in [-0.4, -0.2) is 16.1 Å². The minimum Gasteiger partial charge on any atom is -0.272 e. The van der Waals surface area contributed by atoms with Crippen LogP contribution in [0.3, 0.4) is 0 Å². The molecule has 2 aromatic carbocycles. The van der Waals surface area contributed by atoms with E-state index in [1.54, 1.807) is 6.07 Å². The lowest BCUT2D eigenvalue weighted by Gasteiger charge is -2.08. The van der Waals surface area contributed by atoms with Crippen LogP contribution >= 0.6 is 11.6 Å². The normalized spacial score (nSPS) is 11.9. The summed E-state index contributed by atoms with van der Waals surface area (Å²) in [5.74, 6) is 0. The van der Waals surface area contributed by atoms with Gasteiger partial charge in [-0.3, -0.25) is 15.5 Å². The van der Waals surface area contributed by atoms with E-state index in [2.05, 4.69) is 15.5 Å². The lowest BCUT2D eigenvalue weighted by Crippen LogP contribution is -2.06. The number of pyridine rings is 1. The maximum absolute atomic E-state index is 12.7. The average Bonchev–Trinajstić information content (AvgIpc) is 2.61. The third-order valence-electron chi connectivity index (χ3n) is 3.86. The zero-order valence-corrected chi connectivity index (χ0v) is 15.0. The van der Waals surface area contributed by atoms with Gasteiger partial charge in [0.2, 0.25) is 0 Å². The van der Waals surface area contributed by atoms with E-state index in [9.17, 15) is 23.3 Å². The minimum atomic E-state index is -4.69. The molecule has 0 saturated heterocycles. The predicted octanol–water partition coefficient (Wildman–Crippen LogP) is 5.57. The highest BCUT2D eigenvalue weighted by Crippen LogP contribution is 2.35. The summed E-state index contributed by atoms with van der Waals surface area (Å²) in [6.45, 7) is 1.92. The molecule has 1 N–H and O–H groups in total. The molecule has 0 bridgehead atoms. The minimum absolute atomic E-state index is 0.172. The number of aromatic nitrogens is 1. The van der Waals surface area contributed by atoms with Crippen LogP contribution < -0.4 is 5.43 Å². The van der Waals surface area contributed by atoms with E-state index in [4.69, 9.17) is 11.6 Å². The van der Waals surface area contributed by atoms with Gasteiger partial charge >= 0.3 is 6.18 Å². The Bertz CT molecular complexity index is 1100. The monoisotopic (exact) mass is 408 g/mol. The average molecular weight is 409 g/mol. The first-order valence-electron chi connectivity index (χ1n) is 7.87. The molecule has 0 saturated carbocycles. The molecule has 1 aromatic heterocycles. The maximum Gasteiger partial charge on any atom is 0.416 e. The van der Waals surface area contributed by atoms with Gasteiger partial charge in [-0.2, -0.15) is 18.3 Å². The standard InChI is InChI=1S/C18H12ClF3N4O2/c1-10-2-3-11-7-12(17(19)24-15(11)6-10)9-23-25-14-5-4-13(18(20,21)22)8-16(14)26(27)28/h2-9,25H,1H3. The number of nitro groups is 1. The number of benzene rings is 2. The van der Waals surface area contributed by atoms with E-state index in [0.717, 1.165) is 23.1 Å². The summed E-state index contributed by atoms with van der Waals surface area (Å²) in [6, 6.07) is 9.49. The Morgan fingerprint density at radius 2 is 1.96 bits per heavy atom. The molecule has 10 heteroatoms. The molecule has 3 aromatic rings. The highest BCUT2D eigenvalue weighted by Gasteiger charge is 2.33. The Labute approximate surface area is 161 Å². The van der Waals surface area contributed by atoms with Crippen LogP contribution in [0.25, 0.3) is 10.9 Å². The number of nitro benzene ring substituents is 1. The number of aryl methyl sites for hydroxylation is 1. The van der Waals surface area contributed by atoms with Gasteiger partial charge in [-0.25, -0.2) is 4.98 Å². The Balaban J connectivity index is 1.88. The maximum atomic E-state index is 12.7. The summed E-state index contributed by atoms with van der Waals surface area (Å²) in [5.41, 5.74) is 2.50. The van der Waals surface area contributed by atoms with Crippen LogP contribution in [-0.2, 0) is 6.18 Å². The van der Waals surface area contributed by atoms with Gasteiger partial charge in [-0.1, -0.05) is 23.7 Å². The van der Waals surface area contributed by atoms with Crippen molar-refractivity contribution in [2.45, 2.75) is 13.1 Å². The molecule has 0 aliphatic carbocycles. The zero-order valence-electron chi connectivity index (χ0n) is 14.3. The van der Waals surface area contributed by atoms with E-state index in [0.29, 0.717) is 17.1 Å². The molecule has 0 unspecified atom stereocenters. The Hall–Kier alpha value is -3.20. The summed E-state index contributed by atoms with van der Waals surface area (Å²) < 4.78 is 38.2. The molecular weight excluding hydrogens is 397 g/mol. The van der Waals surface area contributed by atoms with Gasteiger partial charge in [0.15, 0.2) is 0 Å². The first-order chi connectivity index (χ1) is 13.1. The van der Waals surface area contributed by atoms with Crippen molar-refractivity contribution in [1.82, 2.24) is 4.98 Å². The molecule has 0 aliphatic rings. The fraction of sp³-hybridized carbons (Fsp3) is 0.111. The van der Waals surface area contributed by atoms with Gasteiger partial charge in [0, 0.05) is 17.0 Å². The van der Waals surface area contributed by atoms with Gasteiger partial charge in [-0.05, 0) is 36.8 Å². The number of nitrogens with one attached hydrogen (secondary N) is 1. The third kappa shape index (κ3) is 4.20. The third-order valence-corrected chi connectivity index (χ3v) is 4.17. The van der Waals surface area contributed by atoms with Crippen molar-refractivity contribution in [2.24, 2.45) is 5.10 Å². The van der Waals surface area contributed by atoms with E-state index < -0.39 is 22.4 Å². The van der Waals surface area contributed by atoms with Crippen molar-refractivity contribution in [3.05, 3.63) is 74.4 Å². The van der Waals surface area contributed by atoms with E-state index in [1.807, 2.05) is 25.1 Å². The highest BCUT2D eigenvalue weighted by molar-refractivity contribution is 6.32. The van der Waals surface area contributed by atoms with Crippen LogP contribution in [0.15, 0.2) is 47.6 Å². The summed E-state index contributed by atoms with van der Waals surface area (Å²) in [5, 5.41) is 15.9. The second kappa shape index (κ2) is 7.43. The van der Waals surface area contributed by atoms with E-state index >= 15 is 0 Å². The second-order valence-electron chi connectivity index (χ2n) is 5.92. The second-order valence-corrected chi connectivity index (χ2v) is 6.28. The molecule has 6 nitrogen and oxygen atoms in total. The molecule has 0 amide bonds. The summed E-state index contributed by atoms with van der Waals surface area (Å²) in [7, 11) is 0. The largest absolute Gasteiger partial charge is 0.416 e. The quantitative estimate of drug-likeness (QED) is 0.265. The van der Waals surface area contributed by atoms with Gasteiger partial charge in [0.1, 0.15) is 10.8 Å². The number of alkyl halides is 3. The molecule has 0 spiro atoms. The van der Waals surface area contributed by atoms with Crippen molar-refractivity contribution >= 4 is 40.1 Å². The van der Waals surface area contributed by atoms with Crippen LogP contribution in [0.4, 0.5) is 24.5 Å². The molecule has 0 aliphatic heterocycles. The number of anilines is 1. The van der Waals surface area contributed by atoms with Gasteiger partial charge in [0.25, 0.3) is 5.69 Å². The van der Waals surface area contributed by atoms with E-state index in [1.165, 1.54) is 6.21 Å². The van der Waals surface area contributed by atoms with Crippen molar-refractivity contribution in [3.8, 4) is 0 Å². The highest BCUT2D eigenvalue weighted by atomic mass is 35.5. The van der Waals surface area contributed by atoms with Crippen molar-refractivity contribution in [2.75, 3.05) is 5.43 Å². The molecule has 28 heavy (non-hydrogen) atoms. The molecule has 144 valence electrons. The zero-order chi connectivity index (χ0) is 20.5. The Kier molecular flexibility index (Phi) is 5.19. The molecule has 0 radical (unpaired) electrons. The number of rotatable bonds is 4. The van der Waals surface area contributed by atoms with Crippen molar-refractivity contribution in [1.29, 1.82) is 0 Å². The number of fused-ring (bicyclic) bond motifs is 1. The van der Waals surface area contributed by atoms with Gasteiger partial charge in [0.05, 0.1) is 22.2 Å². The number of halogens is 4. The molecule has 0 fully saturated rings. The molecule has 1 heterocycles. The lowest BCUT2D eigenvalue weighted by atomic mass is 10.1. The predicted molar refractivity (Wildman–Crippen MR) is 101 cm³/mol. The summed E-state index contributed by atoms with van der Waals surface area (Å²) in [6.07, 6.45) is -3.40. The topological polar surface area (TPSA) is 80.4 Å². The molecular formula is C18H12ClF3N4O2. The summed E-state index contributed by atoms with van der Waals surface area (Å²) >= 11 is 6.13. The Morgan fingerprint density at radius 1 is 1.21 bits per heavy atom. The molecule has 0 atom stereocenters. The van der Waals surface area contributed by atoms with Gasteiger partial charge in [-0.15, -0.1) is 0 Å². The number of nitrogens with zero attached hydrogens (tertiary/aromatic N) is 3. The van der Waals surface area contributed by atoms with Gasteiger partial charge < -0.3 is 0 Å². The first-order valence-corrected chi connectivity index (χ1v) is 8.24. The Morgan fingerprint density at radius 3 is 2.64 bits per heavy atom. The smallest absolute Gasteiger partial charge is 0.272 e. The number of hydrogen-bond donors (Lipinski definition) is 1.